The largest absolute Gasteiger partial charge is 0.289 e. The summed E-state index contributed by atoms with van der Waals surface area (Å²) in [5.74, 6) is -0.105. The quantitative estimate of drug-likeness (QED) is 0.412. The lowest BCUT2D eigenvalue weighted by molar-refractivity contribution is 0.104. The number of carbonyl (C=O) groups excluding carboxylic acids is 1. The average molecular weight is 349 g/mol. The van der Waals surface area contributed by atoms with Crippen LogP contribution in [0.3, 0.4) is 0 Å². The van der Waals surface area contributed by atoms with Crippen LogP contribution in [0.4, 0.5) is 0 Å². The molecule has 2 heterocycles. The lowest BCUT2D eigenvalue weighted by Crippen LogP contribution is -1.96. The first kappa shape index (κ1) is 15.5. The van der Waals surface area contributed by atoms with Gasteiger partial charge in [0.05, 0.1) is 5.52 Å². The van der Waals surface area contributed by atoms with Crippen molar-refractivity contribution >= 4 is 40.0 Å². The van der Waals surface area contributed by atoms with Crippen LogP contribution >= 0.6 is 11.6 Å². The zero-order valence-corrected chi connectivity index (χ0v) is 14.1. The number of fused-ring (bicyclic) bond motifs is 3. The van der Waals surface area contributed by atoms with Crippen LogP contribution in [-0.2, 0) is 0 Å². The van der Waals surface area contributed by atoms with Crippen molar-refractivity contribution in [2.45, 2.75) is 6.92 Å². The van der Waals surface area contributed by atoms with Gasteiger partial charge in [0.25, 0.3) is 0 Å². The molecule has 5 nitrogen and oxygen atoms in total. The van der Waals surface area contributed by atoms with Gasteiger partial charge in [0, 0.05) is 21.5 Å². The first-order valence-corrected chi connectivity index (χ1v) is 8.09. The minimum Gasteiger partial charge on any atom is -0.289 e. The Labute approximate surface area is 148 Å². The van der Waals surface area contributed by atoms with Crippen molar-refractivity contribution in [1.29, 1.82) is 0 Å². The Morgan fingerprint density at radius 3 is 2.72 bits per heavy atom. The summed E-state index contributed by atoms with van der Waals surface area (Å²) in [6.45, 7) is 2.02. The van der Waals surface area contributed by atoms with Gasteiger partial charge >= 0.3 is 0 Å². The average Bonchev–Trinajstić information content (AvgIpc) is 3.10. The molecule has 0 spiro atoms. The van der Waals surface area contributed by atoms with E-state index >= 15 is 0 Å². The fourth-order valence-corrected chi connectivity index (χ4v) is 2.85. The molecule has 25 heavy (non-hydrogen) atoms. The second kappa shape index (κ2) is 6.11. The van der Waals surface area contributed by atoms with Gasteiger partial charge in [-0.3, -0.25) is 4.79 Å². The lowest BCUT2D eigenvalue weighted by Gasteiger charge is -2.04. The van der Waals surface area contributed by atoms with Gasteiger partial charge in [0.1, 0.15) is 0 Å². The molecule has 0 aliphatic rings. The fraction of sp³-hybridized carbons (Fsp3) is 0.0526. The number of hydrogen-bond donors (Lipinski definition) is 0. The molecule has 0 N–H and O–H groups in total. The molecule has 0 radical (unpaired) electrons. The summed E-state index contributed by atoms with van der Waals surface area (Å²) in [6.07, 6.45) is 3.26. The summed E-state index contributed by atoms with van der Waals surface area (Å²) >= 11 is 5.85. The van der Waals surface area contributed by atoms with Gasteiger partial charge in [0.15, 0.2) is 11.4 Å². The highest BCUT2D eigenvalue weighted by Gasteiger charge is 2.09. The van der Waals surface area contributed by atoms with Crippen molar-refractivity contribution in [2.24, 2.45) is 0 Å². The number of carbonyl (C=O) groups is 1. The third kappa shape index (κ3) is 2.90. The number of pyridine rings is 1. The Balaban J connectivity index is 1.78. The number of nitrogens with zero attached hydrogens (tertiary/aromatic N) is 4. The van der Waals surface area contributed by atoms with Crippen LogP contribution in [0.15, 0.2) is 54.6 Å². The number of aryl methyl sites for hydroxylation is 1. The van der Waals surface area contributed by atoms with E-state index in [0.29, 0.717) is 16.2 Å². The molecular weight excluding hydrogens is 336 g/mol. The molecule has 0 atom stereocenters. The molecule has 4 rings (SSSR count). The van der Waals surface area contributed by atoms with E-state index in [4.69, 9.17) is 11.6 Å². The number of halogens is 1. The van der Waals surface area contributed by atoms with Crippen LogP contribution in [0.1, 0.15) is 21.5 Å². The maximum atomic E-state index is 12.3. The Hall–Kier alpha value is -3.05. The molecular formula is C19H13ClN4O. The summed E-state index contributed by atoms with van der Waals surface area (Å²) in [6, 6.07) is 14.9. The minimum atomic E-state index is -0.105. The highest BCUT2D eigenvalue weighted by Crippen LogP contribution is 2.21. The topological polar surface area (TPSA) is 60.2 Å². The van der Waals surface area contributed by atoms with Crippen LogP contribution in [-0.4, -0.2) is 25.8 Å². The SMILES string of the molecule is Cc1ccc2cc(/C=C/C(=O)c3ccc(Cl)cc3)c3nnnn3c2c1. The standard InChI is InChI=1S/C19H13ClN4O/c1-12-2-3-14-11-15(19-21-22-23-24(19)17(14)10-12)6-9-18(25)13-4-7-16(20)8-5-13/h2-11H,1H3/b9-6+. The van der Waals surface area contributed by atoms with Crippen molar-refractivity contribution in [3.05, 3.63) is 76.3 Å². The third-order valence-electron chi connectivity index (χ3n) is 4.00. The predicted octanol–water partition coefficient (Wildman–Crippen LogP) is 4.14. The maximum absolute atomic E-state index is 12.3. The van der Waals surface area contributed by atoms with Crippen molar-refractivity contribution in [1.82, 2.24) is 20.0 Å². The van der Waals surface area contributed by atoms with E-state index in [1.54, 1.807) is 34.9 Å². The molecule has 122 valence electrons. The van der Waals surface area contributed by atoms with Gasteiger partial charge in [-0.1, -0.05) is 23.7 Å². The van der Waals surface area contributed by atoms with Gasteiger partial charge in [-0.2, -0.15) is 4.52 Å². The first-order chi connectivity index (χ1) is 12.1. The lowest BCUT2D eigenvalue weighted by atomic mass is 10.1. The molecule has 4 aromatic rings. The number of ketones is 1. The Morgan fingerprint density at radius 2 is 1.92 bits per heavy atom. The summed E-state index contributed by atoms with van der Waals surface area (Å²) in [4.78, 5) is 12.3. The Bertz CT molecular complexity index is 1130. The van der Waals surface area contributed by atoms with Gasteiger partial charge in [0.2, 0.25) is 0 Å². The molecule has 0 unspecified atom stereocenters. The molecule has 6 heteroatoms. The molecule has 0 fully saturated rings. The minimum absolute atomic E-state index is 0.105. The van der Waals surface area contributed by atoms with Crippen molar-refractivity contribution in [2.75, 3.05) is 0 Å². The molecule has 0 aliphatic carbocycles. The van der Waals surface area contributed by atoms with E-state index in [1.165, 1.54) is 6.08 Å². The fourth-order valence-electron chi connectivity index (χ4n) is 2.72. The van der Waals surface area contributed by atoms with Crippen LogP contribution in [0.25, 0.3) is 22.6 Å². The number of aromatic nitrogens is 4. The van der Waals surface area contributed by atoms with E-state index in [9.17, 15) is 4.79 Å². The van der Waals surface area contributed by atoms with Gasteiger partial charge < -0.3 is 0 Å². The zero-order chi connectivity index (χ0) is 17.4. The molecule has 0 saturated heterocycles. The van der Waals surface area contributed by atoms with Crippen molar-refractivity contribution in [3.8, 4) is 0 Å². The van der Waals surface area contributed by atoms with Gasteiger partial charge in [-0.15, -0.1) is 5.10 Å². The number of rotatable bonds is 3. The smallest absolute Gasteiger partial charge is 0.187 e. The molecule has 2 aromatic heterocycles. The highest BCUT2D eigenvalue weighted by molar-refractivity contribution is 6.30. The van der Waals surface area contributed by atoms with E-state index in [-0.39, 0.29) is 5.78 Å². The van der Waals surface area contributed by atoms with E-state index < -0.39 is 0 Å². The first-order valence-electron chi connectivity index (χ1n) is 7.71. The van der Waals surface area contributed by atoms with Crippen LogP contribution in [0.2, 0.25) is 5.02 Å². The zero-order valence-electron chi connectivity index (χ0n) is 13.3. The van der Waals surface area contributed by atoms with E-state index in [1.807, 2.05) is 31.2 Å². The Morgan fingerprint density at radius 1 is 1.12 bits per heavy atom. The van der Waals surface area contributed by atoms with Crippen LogP contribution in [0.5, 0.6) is 0 Å². The predicted molar refractivity (Wildman–Crippen MR) is 97.8 cm³/mol. The second-order valence-corrected chi connectivity index (χ2v) is 6.22. The monoisotopic (exact) mass is 348 g/mol. The van der Waals surface area contributed by atoms with Crippen LogP contribution in [0, 0.1) is 6.92 Å². The van der Waals surface area contributed by atoms with Crippen molar-refractivity contribution < 1.29 is 4.79 Å². The number of benzene rings is 2. The van der Waals surface area contributed by atoms with E-state index in [2.05, 4.69) is 15.5 Å². The van der Waals surface area contributed by atoms with Crippen molar-refractivity contribution in [3.63, 3.8) is 0 Å². The third-order valence-corrected chi connectivity index (χ3v) is 4.25. The number of tetrazole rings is 1. The molecule has 0 aliphatic heterocycles. The second-order valence-electron chi connectivity index (χ2n) is 5.78. The highest BCUT2D eigenvalue weighted by atomic mass is 35.5. The molecule has 0 saturated carbocycles. The number of allylic oxidation sites excluding steroid dienone is 1. The number of hydrogen-bond acceptors (Lipinski definition) is 4. The maximum Gasteiger partial charge on any atom is 0.187 e. The summed E-state index contributed by atoms with van der Waals surface area (Å²) in [5.41, 5.74) is 4.03. The summed E-state index contributed by atoms with van der Waals surface area (Å²) < 4.78 is 1.69. The van der Waals surface area contributed by atoms with Crippen LogP contribution < -0.4 is 0 Å². The van der Waals surface area contributed by atoms with Gasteiger partial charge in [-0.25, -0.2) is 0 Å². The Kier molecular flexibility index (Phi) is 3.78. The summed E-state index contributed by atoms with van der Waals surface area (Å²) in [7, 11) is 0. The van der Waals surface area contributed by atoms with E-state index in [0.717, 1.165) is 22.0 Å². The normalized spacial score (nSPS) is 11.6. The molecule has 0 amide bonds. The molecule has 2 aromatic carbocycles. The van der Waals surface area contributed by atoms with Gasteiger partial charge in [-0.05, 0) is 71.5 Å². The summed E-state index contributed by atoms with van der Waals surface area (Å²) in [5, 5.41) is 13.5. The molecule has 0 bridgehead atoms.